The number of aliphatic carboxylic acids is 1. The average molecular weight is 432 g/mol. The Bertz CT molecular complexity index is 1130. The molecular formula is C25H21NO4S. The number of thiol groups is 1. The molecule has 4 rings (SSSR count). The van der Waals surface area contributed by atoms with Crippen molar-refractivity contribution in [3.63, 3.8) is 0 Å². The number of benzene rings is 3. The van der Waals surface area contributed by atoms with Gasteiger partial charge in [-0.05, 0) is 36.1 Å². The van der Waals surface area contributed by atoms with Crippen LogP contribution in [-0.2, 0) is 22.4 Å². The highest BCUT2D eigenvalue weighted by molar-refractivity contribution is 7.96. The van der Waals surface area contributed by atoms with Crippen LogP contribution in [0.15, 0.2) is 89.3 Å². The molecule has 0 amide bonds. The third-order valence-corrected chi connectivity index (χ3v) is 5.77. The summed E-state index contributed by atoms with van der Waals surface area (Å²) < 4.78 is 5.88. The number of carboxylic acids is 1. The number of para-hydroxylation sites is 2. The van der Waals surface area contributed by atoms with E-state index in [1.165, 1.54) is 0 Å². The van der Waals surface area contributed by atoms with E-state index >= 15 is 0 Å². The first-order chi connectivity index (χ1) is 15.0. The molecule has 1 N–H and O–H groups in total. The molecule has 31 heavy (non-hydrogen) atoms. The summed E-state index contributed by atoms with van der Waals surface area (Å²) in [4.78, 5) is 30.2. The van der Waals surface area contributed by atoms with Crippen molar-refractivity contribution < 1.29 is 19.1 Å². The zero-order valence-corrected chi connectivity index (χ0v) is 17.5. The van der Waals surface area contributed by atoms with Gasteiger partial charge in [0.1, 0.15) is 11.4 Å². The number of carbonyl (C=O) groups excluding carboxylic acids is 1. The Morgan fingerprint density at radius 2 is 1.39 bits per heavy atom. The Balaban J connectivity index is 1.90. The Morgan fingerprint density at radius 1 is 0.871 bits per heavy atom. The Hall–Kier alpha value is -3.38. The van der Waals surface area contributed by atoms with Crippen LogP contribution in [0.5, 0.6) is 0 Å². The highest BCUT2D eigenvalue weighted by Gasteiger charge is 2.52. The van der Waals surface area contributed by atoms with Crippen molar-refractivity contribution >= 4 is 34.8 Å². The summed E-state index contributed by atoms with van der Waals surface area (Å²) in [5, 5.41) is 9.95. The molecule has 1 heterocycles. The smallest absolute Gasteiger partial charge is 0.311 e. The van der Waals surface area contributed by atoms with E-state index in [2.05, 4.69) is 17.6 Å². The predicted molar refractivity (Wildman–Crippen MR) is 121 cm³/mol. The lowest BCUT2D eigenvalue weighted by Crippen LogP contribution is -2.44. The number of rotatable bonds is 8. The molecule has 0 aliphatic carbocycles. The van der Waals surface area contributed by atoms with Gasteiger partial charge in [-0.2, -0.15) is 0 Å². The van der Waals surface area contributed by atoms with E-state index in [0.29, 0.717) is 11.1 Å². The Morgan fingerprint density at radius 3 is 1.87 bits per heavy atom. The molecule has 6 heteroatoms. The SMILES string of the molecule is O=C(S)C(c1nc2ccccc2o1)C(Cc1ccccc1)(Cc1ccccc1)C(=O)O. The molecule has 4 aromatic rings. The van der Waals surface area contributed by atoms with Gasteiger partial charge in [0, 0.05) is 0 Å². The van der Waals surface area contributed by atoms with Crippen LogP contribution in [-0.4, -0.2) is 21.2 Å². The molecule has 1 aromatic heterocycles. The van der Waals surface area contributed by atoms with Gasteiger partial charge in [-0.15, -0.1) is 12.6 Å². The van der Waals surface area contributed by atoms with Crippen LogP contribution in [0, 0.1) is 5.41 Å². The number of fused-ring (bicyclic) bond motifs is 1. The molecule has 0 spiro atoms. The molecule has 0 radical (unpaired) electrons. The highest BCUT2D eigenvalue weighted by atomic mass is 32.1. The zero-order valence-electron chi connectivity index (χ0n) is 16.6. The van der Waals surface area contributed by atoms with Crippen LogP contribution < -0.4 is 0 Å². The normalized spacial score (nSPS) is 12.5. The van der Waals surface area contributed by atoms with Gasteiger partial charge in [-0.3, -0.25) is 9.59 Å². The van der Waals surface area contributed by atoms with Gasteiger partial charge in [0.25, 0.3) is 0 Å². The van der Waals surface area contributed by atoms with E-state index in [0.717, 1.165) is 11.1 Å². The van der Waals surface area contributed by atoms with Gasteiger partial charge in [-0.1, -0.05) is 72.8 Å². The lowest BCUT2D eigenvalue weighted by atomic mass is 9.67. The van der Waals surface area contributed by atoms with Crippen molar-refractivity contribution in [1.82, 2.24) is 4.98 Å². The zero-order chi connectivity index (χ0) is 21.8. The minimum absolute atomic E-state index is 0.0652. The monoisotopic (exact) mass is 431 g/mol. The quantitative estimate of drug-likeness (QED) is 0.387. The van der Waals surface area contributed by atoms with Gasteiger partial charge < -0.3 is 9.52 Å². The van der Waals surface area contributed by atoms with E-state index in [-0.39, 0.29) is 18.7 Å². The highest BCUT2D eigenvalue weighted by Crippen LogP contribution is 2.44. The number of oxazole rings is 1. The van der Waals surface area contributed by atoms with Crippen LogP contribution >= 0.6 is 12.6 Å². The van der Waals surface area contributed by atoms with E-state index < -0.39 is 22.4 Å². The van der Waals surface area contributed by atoms with Gasteiger partial charge in [0.15, 0.2) is 10.7 Å². The second-order valence-corrected chi connectivity index (χ2v) is 8.02. The molecule has 0 aliphatic heterocycles. The molecule has 156 valence electrons. The fraction of sp³-hybridized carbons (Fsp3) is 0.160. The minimum Gasteiger partial charge on any atom is -0.481 e. The third kappa shape index (κ3) is 4.25. The summed E-state index contributed by atoms with van der Waals surface area (Å²) >= 11 is 4.10. The first kappa shape index (κ1) is 20.9. The summed E-state index contributed by atoms with van der Waals surface area (Å²) in [7, 11) is 0. The first-order valence-electron chi connectivity index (χ1n) is 9.89. The van der Waals surface area contributed by atoms with Crippen molar-refractivity contribution in [1.29, 1.82) is 0 Å². The number of hydrogen-bond donors (Lipinski definition) is 2. The number of carboxylic acid groups (broad SMARTS) is 1. The number of carbonyl (C=O) groups is 2. The predicted octanol–water partition coefficient (Wildman–Crippen LogP) is 4.92. The van der Waals surface area contributed by atoms with E-state index in [4.69, 9.17) is 4.42 Å². The maximum absolute atomic E-state index is 12.9. The maximum Gasteiger partial charge on any atom is 0.311 e. The maximum atomic E-state index is 12.9. The minimum atomic E-state index is -1.54. The summed E-state index contributed by atoms with van der Waals surface area (Å²) in [6, 6.07) is 25.7. The molecule has 0 aliphatic rings. The second kappa shape index (κ2) is 8.78. The molecule has 0 saturated carbocycles. The van der Waals surface area contributed by atoms with Gasteiger partial charge >= 0.3 is 5.97 Å². The number of hydrogen-bond acceptors (Lipinski definition) is 4. The summed E-state index contributed by atoms with van der Waals surface area (Å²) in [6.07, 6.45) is 0.238. The van der Waals surface area contributed by atoms with Crippen LogP contribution in [0.25, 0.3) is 11.1 Å². The average Bonchev–Trinajstić information content (AvgIpc) is 3.18. The van der Waals surface area contributed by atoms with Crippen LogP contribution in [0.4, 0.5) is 0 Å². The Labute approximate surface area is 185 Å². The van der Waals surface area contributed by atoms with Crippen molar-refractivity contribution in [2.24, 2.45) is 5.41 Å². The lowest BCUT2D eigenvalue weighted by Gasteiger charge is -2.34. The molecular weight excluding hydrogens is 410 g/mol. The fourth-order valence-electron chi connectivity index (χ4n) is 4.05. The molecule has 5 nitrogen and oxygen atoms in total. The molecule has 0 saturated heterocycles. The van der Waals surface area contributed by atoms with Crippen LogP contribution in [0.1, 0.15) is 22.9 Å². The van der Waals surface area contributed by atoms with Crippen molar-refractivity contribution in [2.75, 3.05) is 0 Å². The van der Waals surface area contributed by atoms with E-state index in [1.807, 2.05) is 66.7 Å². The fourth-order valence-corrected chi connectivity index (χ4v) is 4.41. The summed E-state index contributed by atoms with van der Waals surface area (Å²) in [5.74, 6) is -2.22. The number of nitrogens with zero attached hydrogens (tertiary/aromatic N) is 1. The van der Waals surface area contributed by atoms with Crippen molar-refractivity contribution in [3.8, 4) is 0 Å². The topological polar surface area (TPSA) is 80.4 Å². The molecule has 1 atom stereocenters. The third-order valence-electron chi connectivity index (χ3n) is 5.51. The Kier molecular flexibility index (Phi) is 5.91. The molecule has 0 fully saturated rings. The summed E-state index contributed by atoms with van der Waals surface area (Å²) in [5.41, 5.74) is 1.13. The first-order valence-corrected chi connectivity index (χ1v) is 10.3. The lowest BCUT2D eigenvalue weighted by molar-refractivity contribution is -0.152. The van der Waals surface area contributed by atoms with Crippen molar-refractivity contribution in [2.45, 2.75) is 18.8 Å². The van der Waals surface area contributed by atoms with Gasteiger partial charge in [-0.25, -0.2) is 4.98 Å². The second-order valence-electron chi connectivity index (χ2n) is 7.58. The largest absolute Gasteiger partial charge is 0.481 e. The van der Waals surface area contributed by atoms with Gasteiger partial charge in [0.05, 0.1) is 5.41 Å². The molecule has 3 aromatic carbocycles. The van der Waals surface area contributed by atoms with E-state index in [9.17, 15) is 14.7 Å². The van der Waals surface area contributed by atoms with E-state index in [1.54, 1.807) is 18.2 Å². The van der Waals surface area contributed by atoms with Gasteiger partial charge in [0.2, 0.25) is 5.89 Å². The number of aromatic nitrogens is 1. The standard InChI is InChI=1S/C25H21NO4S/c27-23(31)21(22-26-19-13-7-8-14-20(19)30-22)25(24(28)29,15-17-9-3-1-4-10-17)16-18-11-5-2-6-12-18/h1-14,21H,15-16H2,(H,27,31)(H,28,29). The van der Waals surface area contributed by atoms with Crippen LogP contribution in [0.2, 0.25) is 0 Å². The summed E-state index contributed by atoms with van der Waals surface area (Å²) in [6.45, 7) is 0. The van der Waals surface area contributed by atoms with Crippen molar-refractivity contribution in [3.05, 3.63) is 102 Å². The molecule has 1 unspecified atom stereocenters. The van der Waals surface area contributed by atoms with Crippen LogP contribution in [0.3, 0.4) is 0 Å². The molecule has 0 bridgehead atoms.